The van der Waals surface area contributed by atoms with E-state index in [1.165, 1.54) is 0 Å². The van der Waals surface area contributed by atoms with Crippen molar-refractivity contribution < 1.29 is 23.2 Å². The first-order valence-electron chi connectivity index (χ1n) is 5.02. The van der Waals surface area contributed by atoms with Crippen LogP contribution in [-0.2, 0) is 18.1 Å². The molecule has 0 saturated heterocycles. The molecule has 0 saturated carbocycles. The highest BCUT2D eigenvalue weighted by Crippen LogP contribution is 2.03. The summed E-state index contributed by atoms with van der Waals surface area (Å²) in [5, 5.41) is 8.31. The summed E-state index contributed by atoms with van der Waals surface area (Å²) < 4.78 is 14.2. The fraction of sp³-hybridized carbons (Fsp3) is 0.700. The molecule has 0 rings (SSSR count). The van der Waals surface area contributed by atoms with E-state index in [-0.39, 0.29) is 0 Å². The summed E-state index contributed by atoms with van der Waals surface area (Å²) in [7, 11) is 3.05. The standard InChI is InChI=1S/C7H12O2.C3H10O3Si/c1-3-4-5-6(2)7(8)9;1-4-7(5-2)6-3/h2-5H2,1H3,(H,8,9);7H,1-3H3. The van der Waals surface area contributed by atoms with Crippen LogP contribution in [0, 0.1) is 0 Å². The molecule has 0 amide bonds. The Kier molecular flexibility index (Phi) is 13.7. The largest absolute Gasteiger partial charge is 0.483 e. The minimum Gasteiger partial charge on any atom is -0.478 e. The smallest absolute Gasteiger partial charge is 0.478 e. The summed E-state index contributed by atoms with van der Waals surface area (Å²) in [5.41, 5.74) is 0.317. The van der Waals surface area contributed by atoms with Crippen molar-refractivity contribution in [2.45, 2.75) is 26.2 Å². The first kappa shape index (κ1) is 17.7. The Labute approximate surface area is 99.0 Å². The summed E-state index contributed by atoms with van der Waals surface area (Å²) >= 11 is 0. The number of hydrogen-bond acceptors (Lipinski definition) is 4. The van der Waals surface area contributed by atoms with Crippen LogP contribution >= 0.6 is 0 Å². The van der Waals surface area contributed by atoms with Crippen molar-refractivity contribution in [3.8, 4) is 0 Å². The van der Waals surface area contributed by atoms with Crippen molar-refractivity contribution in [3.05, 3.63) is 12.2 Å². The van der Waals surface area contributed by atoms with Crippen LogP contribution < -0.4 is 0 Å². The summed E-state index contributed by atoms with van der Waals surface area (Å²) in [6, 6.07) is 0. The van der Waals surface area contributed by atoms with Gasteiger partial charge in [-0.05, 0) is 12.8 Å². The molecule has 0 fully saturated rings. The zero-order valence-corrected chi connectivity index (χ0v) is 11.6. The van der Waals surface area contributed by atoms with Crippen molar-refractivity contribution >= 4 is 15.5 Å². The Bertz CT molecular complexity index is 186. The number of unbranched alkanes of at least 4 members (excludes halogenated alkanes) is 1. The van der Waals surface area contributed by atoms with E-state index in [1.807, 2.05) is 6.92 Å². The fourth-order valence-electron chi connectivity index (χ4n) is 0.786. The summed E-state index contributed by atoms with van der Waals surface area (Å²) in [6.45, 7) is 5.42. The van der Waals surface area contributed by atoms with Crippen LogP contribution in [0.5, 0.6) is 0 Å². The van der Waals surface area contributed by atoms with E-state index in [0.29, 0.717) is 12.0 Å². The van der Waals surface area contributed by atoms with E-state index < -0.39 is 15.5 Å². The highest BCUT2D eigenvalue weighted by Gasteiger charge is 2.05. The topological polar surface area (TPSA) is 65.0 Å². The molecule has 16 heavy (non-hydrogen) atoms. The molecule has 5 nitrogen and oxygen atoms in total. The Balaban J connectivity index is 0. The Morgan fingerprint density at radius 1 is 1.25 bits per heavy atom. The van der Waals surface area contributed by atoms with Gasteiger partial charge < -0.3 is 18.4 Å². The highest BCUT2D eigenvalue weighted by atomic mass is 28.3. The van der Waals surface area contributed by atoms with E-state index in [1.54, 1.807) is 21.3 Å². The monoisotopic (exact) mass is 250 g/mol. The normalized spacial score (nSPS) is 9.56. The third kappa shape index (κ3) is 11.4. The summed E-state index contributed by atoms with van der Waals surface area (Å²) in [5.74, 6) is -0.872. The van der Waals surface area contributed by atoms with Gasteiger partial charge in [0.05, 0.1) is 0 Å². The van der Waals surface area contributed by atoms with Crippen molar-refractivity contribution in [1.82, 2.24) is 0 Å². The quantitative estimate of drug-likeness (QED) is 0.547. The van der Waals surface area contributed by atoms with Gasteiger partial charge in [-0.25, -0.2) is 4.79 Å². The first-order chi connectivity index (χ1) is 7.53. The zero-order chi connectivity index (χ0) is 13.0. The van der Waals surface area contributed by atoms with Gasteiger partial charge in [0.15, 0.2) is 0 Å². The van der Waals surface area contributed by atoms with Gasteiger partial charge in [-0.15, -0.1) is 0 Å². The lowest BCUT2D eigenvalue weighted by Gasteiger charge is -2.05. The molecule has 0 aliphatic carbocycles. The number of rotatable bonds is 7. The third-order valence-corrected chi connectivity index (χ3v) is 2.87. The summed E-state index contributed by atoms with van der Waals surface area (Å²) in [6.07, 6.45) is 2.56. The fourth-order valence-corrected chi connectivity index (χ4v) is 1.36. The Morgan fingerprint density at radius 3 is 1.88 bits per heavy atom. The minimum absolute atomic E-state index is 0.317. The first-order valence-corrected chi connectivity index (χ1v) is 6.44. The number of hydrogen-bond donors (Lipinski definition) is 1. The van der Waals surface area contributed by atoms with Crippen LogP contribution in [0.25, 0.3) is 0 Å². The van der Waals surface area contributed by atoms with E-state index in [0.717, 1.165) is 12.8 Å². The Hall–Kier alpha value is -0.693. The van der Waals surface area contributed by atoms with Gasteiger partial charge in [-0.1, -0.05) is 19.9 Å². The molecule has 1 N–H and O–H groups in total. The molecule has 0 aromatic carbocycles. The molecular formula is C10H22O5Si. The van der Waals surface area contributed by atoms with Crippen LogP contribution in [0.1, 0.15) is 26.2 Å². The van der Waals surface area contributed by atoms with Gasteiger partial charge in [0.2, 0.25) is 0 Å². The predicted molar refractivity (Wildman–Crippen MR) is 64.5 cm³/mol. The van der Waals surface area contributed by atoms with E-state index in [2.05, 4.69) is 6.58 Å². The molecular weight excluding hydrogens is 228 g/mol. The number of carboxylic acid groups (broad SMARTS) is 1. The molecule has 0 atom stereocenters. The Morgan fingerprint density at radius 2 is 1.69 bits per heavy atom. The van der Waals surface area contributed by atoms with Crippen LogP contribution in [0.3, 0.4) is 0 Å². The molecule has 0 aliphatic heterocycles. The molecule has 0 aromatic rings. The molecule has 0 radical (unpaired) electrons. The average Bonchev–Trinajstić information content (AvgIpc) is 2.29. The second-order valence-electron chi connectivity index (χ2n) is 3.01. The number of carbonyl (C=O) groups is 1. The molecule has 0 unspecified atom stereocenters. The van der Waals surface area contributed by atoms with Crippen molar-refractivity contribution in [2.24, 2.45) is 0 Å². The molecule has 0 spiro atoms. The van der Waals surface area contributed by atoms with Crippen LogP contribution in [0.2, 0.25) is 0 Å². The third-order valence-electron chi connectivity index (χ3n) is 1.71. The van der Waals surface area contributed by atoms with Gasteiger partial charge in [-0.2, -0.15) is 0 Å². The molecule has 96 valence electrons. The van der Waals surface area contributed by atoms with Crippen molar-refractivity contribution in [3.63, 3.8) is 0 Å². The SMILES string of the molecule is C=C(CCCC)C(=O)O.CO[SiH](OC)OC. The van der Waals surface area contributed by atoms with Crippen LogP contribution in [0.15, 0.2) is 12.2 Å². The van der Waals surface area contributed by atoms with Gasteiger partial charge >= 0.3 is 15.5 Å². The maximum absolute atomic E-state index is 10.1. The second-order valence-corrected chi connectivity index (χ2v) is 5.00. The molecule has 0 aliphatic rings. The van der Waals surface area contributed by atoms with Gasteiger partial charge in [0, 0.05) is 26.9 Å². The zero-order valence-electron chi connectivity index (χ0n) is 10.5. The maximum Gasteiger partial charge on any atom is 0.483 e. The van der Waals surface area contributed by atoms with Gasteiger partial charge in [0.1, 0.15) is 0 Å². The molecule has 6 heteroatoms. The summed E-state index contributed by atoms with van der Waals surface area (Å²) in [4.78, 5) is 10.1. The van der Waals surface area contributed by atoms with Gasteiger partial charge in [0.25, 0.3) is 0 Å². The lowest BCUT2D eigenvalue weighted by Crippen LogP contribution is -2.21. The molecule has 0 aromatic heterocycles. The lowest BCUT2D eigenvalue weighted by molar-refractivity contribution is -0.132. The minimum atomic E-state index is -1.67. The van der Waals surface area contributed by atoms with Crippen LogP contribution in [0.4, 0.5) is 0 Å². The van der Waals surface area contributed by atoms with Crippen molar-refractivity contribution in [1.29, 1.82) is 0 Å². The van der Waals surface area contributed by atoms with Crippen molar-refractivity contribution in [2.75, 3.05) is 21.3 Å². The second kappa shape index (κ2) is 12.4. The van der Waals surface area contributed by atoms with E-state index in [9.17, 15) is 4.79 Å². The number of aliphatic carboxylic acids is 1. The lowest BCUT2D eigenvalue weighted by atomic mass is 10.1. The van der Waals surface area contributed by atoms with E-state index >= 15 is 0 Å². The molecule has 0 heterocycles. The number of carboxylic acids is 1. The average molecular weight is 250 g/mol. The van der Waals surface area contributed by atoms with E-state index in [4.69, 9.17) is 18.4 Å². The molecule has 0 bridgehead atoms. The van der Waals surface area contributed by atoms with Crippen LogP contribution in [-0.4, -0.2) is 41.9 Å². The maximum atomic E-state index is 10.1. The van der Waals surface area contributed by atoms with Gasteiger partial charge in [-0.3, -0.25) is 0 Å². The predicted octanol–water partition coefficient (Wildman–Crippen LogP) is 1.46. The highest BCUT2D eigenvalue weighted by molar-refractivity contribution is 6.36.